The number of carbonyl (C=O) groups is 1. The molecule has 2 aromatic carbocycles. The van der Waals surface area contributed by atoms with Crippen LogP contribution in [-0.4, -0.2) is 20.0 Å². The van der Waals surface area contributed by atoms with Gasteiger partial charge in [-0.3, -0.25) is 4.79 Å². The van der Waals surface area contributed by atoms with Crippen LogP contribution >= 0.6 is 15.9 Å². The van der Waals surface area contributed by atoms with Gasteiger partial charge in [-0.1, -0.05) is 24.3 Å². The number of hydrogen-bond acceptors (Lipinski definition) is 3. The van der Waals surface area contributed by atoms with E-state index < -0.39 is 5.91 Å². The average Bonchev–Trinajstić information content (AvgIpc) is 2.53. The van der Waals surface area contributed by atoms with Crippen LogP contribution in [0.2, 0.25) is 0 Å². The minimum Gasteiger partial charge on any atom is -0.377 e. The van der Waals surface area contributed by atoms with Crippen molar-refractivity contribution >= 4 is 39.3 Å². The molecule has 116 valence electrons. The van der Waals surface area contributed by atoms with Gasteiger partial charge in [0.05, 0.1) is 5.69 Å². The molecular formula is C18H16BrN3O. The predicted octanol–water partition coefficient (Wildman–Crippen LogP) is 4.06. The number of hydrogen-bond donors (Lipinski definition) is 1. The Balaban J connectivity index is 2.23. The van der Waals surface area contributed by atoms with Crippen molar-refractivity contribution in [1.82, 2.24) is 0 Å². The first-order chi connectivity index (χ1) is 11.0. The number of carbonyl (C=O) groups excluding carboxylic acids is 1. The zero-order chi connectivity index (χ0) is 16.8. The zero-order valence-electron chi connectivity index (χ0n) is 12.9. The lowest BCUT2D eigenvalue weighted by atomic mass is 10.1. The lowest BCUT2D eigenvalue weighted by molar-refractivity contribution is -0.112. The van der Waals surface area contributed by atoms with Crippen molar-refractivity contribution in [2.45, 2.75) is 0 Å². The summed E-state index contributed by atoms with van der Waals surface area (Å²) in [7, 11) is 3.90. The number of benzene rings is 2. The quantitative estimate of drug-likeness (QED) is 0.652. The summed E-state index contributed by atoms with van der Waals surface area (Å²) in [6.45, 7) is 0. The SMILES string of the molecule is CN(C)c1ccc(C=C(C#N)C(=O)Nc2ccccc2)cc1Br. The molecule has 1 N–H and O–H groups in total. The van der Waals surface area contributed by atoms with Gasteiger partial charge in [0.15, 0.2) is 0 Å². The molecule has 2 rings (SSSR count). The molecule has 0 atom stereocenters. The number of nitriles is 1. The molecule has 0 radical (unpaired) electrons. The standard InChI is InChI=1S/C18H16BrN3O/c1-22(2)17-9-8-13(11-16(17)19)10-14(12-20)18(23)21-15-6-4-3-5-7-15/h3-11H,1-2H3,(H,21,23). The third-order valence-corrected chi connectivity index (χ3v) is 3.80. The Morgan fingerprint density at radius 3 is 2.48 bits per heavy atom. The first kappa shape index (κ1) is 16.8. The van der Waals surface area contributed by atoms with Crippen molar-refractivity contribution < 1.29 is 4.79 Å². The largest absolute Gasteiger partial charge is 0.377 e. The number of nitrogens with one attached hydrogen (secondary N) is 1. The van der Waals surface area contributed by atoms with Crippen LogP contribution in [0.5, 0.6) is 0 Å². The van der Waals surface area contributed by atoms with E-state index in [9.17, 15) is 10.1 Å². The Hall–Kier alpha value is -2.58. The van der Waals surface area contributed by atoms with Crippen LogP contribution in [0.25, 0.3) is 6.08 Å². The van der Waals surface area contributed by atoms with Crippen LogP contribution in [0.1, 0.15) is 5.56 Å². The van der Waals surface area contributed by atoms with Crippen LogP contribution in [0, 0.1) is 11.3 Å². The van der Waals surface area contributed by atoms with Gasteiger partial charge in [0, 0.05) is 24.3 Å². The van der Waals surface area contributed by atoms with Gasteiger partial charge in [-0.05, 0) is 51.8 Å². The number of halogens is 1. The molecule has 0 aliphatic carbocycles. The molecule has 23 heavy (non-hydrogen) atoms. The molecule has 0 aliphatic heterocycles. The van der Waals surface area contributed by atoms with E-state index in [2.05, 4.69) is 21.2 Å². The molecule has 2 aromatic rings. The van der Waals surface area contributed by atoms with Gasteiger partial charge in [0.2, 0.25) is 0 Å². The molecule has 0 saturated carbocycles. The Bertz CT molecular complexity index is 777. The van der Waals surface area contributed by atoms with Gasteiger partial charge in [-0.25, -0.2) is 0 Å². The van der Waals surface area contributed by atoms with Crippen LogP contribution in [0.15, 0.2) is 58.6 Å². The minimum absolute atomic E-state index is 0.0540. The van der Waals surface area contributed by atoms with Crippen molar-refractivity contribution in [3.63, 3.8) is 0 Å². The van der Waals surface area contributed by atoms with Crippen molar-refractivity contribution in [3.8, 4) is 6.07 Å². The highest BCUT2D eigenvalue weighted by Crippen LogP contribution is 2.26. The van der Waals surface area contributed by atoms with E-state index in [4.69, 9.17) is 0 Å². The maximum atomic E-state index is 12.2. The van der Waals surface area contributed by atoms with Gasteiger partial charge in [-0.15, -0.1) is 0 Å². The van der Waals surface area contributed by atoms with Crippen LogP contribution in [0.4, 0.5) is 11.4 Å². The van der Waals surface area contributed by atoms with Crippen molar-refractivity contribution in [2.75, 3.05) is 24.3 Å². The molecule has 0 aliphatic rings. The number of rotatable bonds is 4. The van der Waals surface area contributed by atoms with Crippen molar-refractivity contribution in [1.29, 1.82) is 5.26 Å². The topological polar surface area (TPSA) is 56.1 Å². The summed E-state index contributed by atoms with van der Waals surface area (Å²) in [5, 5.41) is 12.0. The summed E-state index contributed by atoms with van der Waals surface area (Å²) in [5.74, 6) is -0.425. The van der Waals surface area contributed by atoms with Crippen molar-refractivity contribution in [2.24, 2.45) is 0 Å². The smallest absolute Gasteiger partial charge is 0.266 e. The van der Waals surface area contributed by atoms with Gasteiger partial charge in [-0.2, -0.15) is 5.26 Å². The summed E-state index contributed by atoms with van der Waals surface area (Å²) < 4.78 is 0.900. The normalized spacial score (nSPS) is 10.8. The van der Waals surface area contributed by atoms with Crippen LogP contribution < -0.4 is 10.2 Å². The van der Waals surface area contributed by atoms with E-state index in [1.807, 2.05) is 61.5 Å². The van der Waals surface area contributed by atoms with E-state index in [1.165, 1.54) is 0 Å². The molecule has 0 unspecified atom stereocenters. The molecule has 5 heteroatoms. The third kappa shape index (κ3) is 4.44. The van der Waals surface area contributed by atoms with Crippen LogP contribution in [-0.2, 0) is 4.79 Å². The fourth-order valence-corrected chi connectivity index (χ4v) is 2.76. The van der Waals surface area contributed by atoms with Crippen LogP contribution in [0.3, 0.4) is 0 Å². The fourth-order valence-electron chi connectivity index (χ4n) is 2.01. The van der Waals surface area contributed by atoms with E-state index in [0.29, 0.717) is 5.69 Å². The van der Waals surface area contributed by atoms with E-state index in [0.717, 1.165) is 15.7 Å². The molecule has 0 fully saturated rings. The highest BCUT2D eigenvalue weighted by atomic mass is 79.9. The van der Waals surface area contributed by atoms with Gasteiger partial charge in [0.25, 0.3) is 5.91 Å². The Morgan fingerprint density at radius 2 is 1.91 bits per heavy atom. The average molecular weight is 370 g/mol. The lowest BCUT2D eigenvalue weighted by Gasteiger charge is -2.14. The predicted molar refractivity (Wildman–Crippen MR) is 97.1 cm³/mol. The van der Waals surface area contributed by atoms with Gasteiger partial charge >= 0.3 is 0 Å². The molecule has 0 aromatic heterocycles. The fraction of sp³-hybridized carbons (Fsp3) is 0.111. The second-order valence-electron chi connectivity index (χ2n) is 5.10. The third-order valence-electron chi connectivity index (χ3n) is 3.16. The highest BCUT2D eigenvalue weighted by molar-refractivity contribution is 9.10. The lowest BCUT2D eigenvalue weighted by Crippen LogP contribution is -2.13. The van der Waals surface area contributed by atoms with Gasteiger partial charge < -0.3 is 10.2 Å². The Kier molecular flexibility index (Phi) is 5.56. The Labute approximate surface area is 144 Å². The highest BCUT2D eigenvalue weighted by Gasteiger charge is 2.10. The minimum atomic E-state index is -0.425. The maximum Gasteiger partial charge on any atom is 0.266 e. The summed E-state index contributed by atoms with van der Waals surface area (Å²) in [4.78, 5) is 14.2. The summed E-state index contributed by atoms with van der Waals surface area (Å²) in [6, 6.07) is 16.7. The molecule has 0 saturated heterocycles. The molecule has 0 bridgehead atoms. The second-order valence-corrected chi connectivity index (χ2v) is 5.95. The van der Waals surface area contributed by atoms with E-state index in [-0.39, 0.29) is 5.57 Å². The molecule has 0 heterocycles. The van der Waals surface area contributed by atoms with Gasteiger partial charge in [0.1, 0.15) is 11.6 Å². The molecular weight excluding hydrogens is 354 g/mol. The zero-order valence-corrected chi connectivity index (χ0v) is 14.5. The van der Waals surface area contributed by atoms with Crippen molar-refractivity contribution in [3.05, 3.63) is 64.1 Å². The summed E-state index contributed by atoms with van der Waals surface area (Å²) in [5.41, 5.74) is 2.51. The first-order valence-corrected chi connectivity index (χ1v) is 7.75. The first-order valence-electron chi connectivity index (χ1n) is 6.96. The number of para-hydroxylation sites is 1. The molecule has 1 amide bonds. The Morgan fingerprint density at radius 1 is 1.22 bits per heavy atom. The molecule has 0 spiro atoms. The van der Waals surface area contributed by atoms with E-state index in [1.54, 1.807) is 18.2 Å². The number of amides is 1. The second kappa shape index (κ2) is 7.61. The number of anilines is 2. The maximum absolute atomic E-state index is 12.2. The summed E-state index contributed by atoms with van der Waals surface area (Å²) in [6.07, 6.45) is 1.57. The summed E-state index contributed by atoms with van der Waals surface area (Å²) >= 11 is 3.50. The number of nitrogens with zero attached hydrogens (tertiary/aromatic N) is 2. The monoisotopic (exact) mass is 369 g/mol. The molecule has 4 nitrogen and oxygen atoms in total. The van der Waals surface area contributed by atoms with E-state index >= 15 is 0 Å².